The van der Waals surface area contributed by atoms with Crippen LogP contribution in [0.1, 0.15) is 66.8 Å². The Balaban J connectivity index is 2.21. The zero-order chi connectivity index (χ0) is 15.6. The molecule has 1 fully saturated rings. The smallest absolute Gasteiger partial charge is 0.325 e. The van der Waals surface area contributed by atoms with Crippen LogP contribution < -0.4 is 5.32 Å². The van der Waals surface area contributed by atoms with Gasteiger partial charge in [-0.2, -0.15) is 0 Å². The van der Waals surface area contributed by atoms with E-state index in [9.17, 15) is 9.59 Å². The van der Waals surface area contributed by atoms with Crippen LogP contribution in [-0.4, -0.2) is 27.6 Å². The maximum absolute atomic E-state index is 12.2. The number of aromatic nitrogens is 1. The summed E-state index contributed by atoms with van der Waals surface area (Å²) in [4.78, 5) is 23.1. The summed E-state index contributed by atoms with van der Waals surface area (Å²) in [6.07, 6.45) is 6.07. The van der Waals surface area contributed by atoms with E-state index >= 15 is 0 Å². The number of carboxylic acid groups (broad SMARTS) is 1. The normalized spacial score (nSPS) is 17.5. The molecule has 2 rings (SSSR count). The van der Waals surface area contributed by atoms with E-state index in [4.69, 9.17) is 5.11 Å². The summed E-state index contributed by atoms with van der Waals surface area (Å²) in [7, 11) is 0. The highest BCUT2D eigenvalue weighted by Gasteiger charge is 2.24. The van der Waals surface area contributed by atoms with Crippen LogP contribution in [-0.2, 0) is 4.79 Å². The van der Waals surface area contributed by atoms with Gasteiger partial charge in [-0.3, -0.25) is 9.59 Å². The number of carbonyl (C=O) groups is 2. The molecular formula is C16H24N2O3. The van der Waals surface area contributed by atoms with Crippen molar-refractivity contribution in [1.29, 1.82) is 0 Å². The molecule has 5 heteroatoms. The lowest BCUT2D eigenvalue weighted by molar-refractivity contribution is -0.138. The highest BCUT2D eigenvalue weighted by Crippen LogP contribution is 2.32. The molecule has 21 heavy (non-hydrogen) atoms. The molecule has 1 amide bonds. The van der Waals surface area contributed by atoms with Crippen LogP contribution in [0, 0.1) is 13.8 Å². The molecule has 1 aromatic rings. The first-order valence-electron chi connectivity index (χ1n) is 7.64. The Morgan fingerprint density at radius 2 is 1.90 bits per heavy atom. The summed E-state index contributed by atoms with van der Waals surface area (Å²) in [6, 6.07) is 1.46. The van der Waals surface area contributed by atoms with Crippen molar-refractivity contribution in [3.05, 3.63) is 23.0 Å². The summed E-state index contributed by atoms with van der Waals surface area (Å²) >= 11 is 0. The summed E-state index contributed by atoms with van der Waals surface area (Å²) in [5, 5.41) is 11.4. The van der Waals surface area contributed by atoms with Gasteiger partial charge in [-0.05, 0) is 39.7 Å². The molecule has 0 aliphatic heterocycles. The van der Waals surface area contributed by atoms with Crippen LogP contribution in [0.5, 0.6) is 0 Å². The van der Waals surface area contributed by atoms with Crippen LogP contribution >= 0.6 is 0 Å². The third-order valence-corrected chi connectivity index (χ3v) is 4.39. The lowest BCUT2D eigenvalue weighted by atomic mass is 9.95. The van der Waals surface area contributed by atoms with Gasteiger partial charge in [0.05, 0.1) is 5.56 Å². The van der Waals surface area contributed by atoms with Crippen molar-refractivity contribution in [2.75, 3.05) is 0 Å². The highest BCUT2D eigenvalue weighted by atomic mass is 16.4. The van der Waals surface area contributed by atoms with Crippen molar-refractivity contribution in [3.63, 3.8) is 0 Å². The quantitative estimate of drug-likeness (QED) is 0.896. The van der Waals surface area contributed by atoms with Crippen LogP contribution in [0.4, 0.5) is 0 Å². The Bertz CT molecular complexity index is 542. The van der Waals surface area contributed by atoms with E-state index in [0.717, 1.165) is 24.2 Å². The fourth-order valence-electron chi connectivity index (χ4n) is 3.24. The minimum Gasteiger partial charge on any atom is -0.480 e. The molecule has 0 spiro atoms. The van der Waals surface area contributed by atoms with E-state index in [1.54, 1.807) is 0 Å². The zero-order valence-electron chi connectivity index (χ0n) is 13.0. The van der Waals surface area contributed by atoms with Crippen LogP contribution in [0.15, 0.2) is 6.07 Å². The molecule has 116 valence electrons. The van der Waals surface area contributed by atoms with Crippen LogP contribution in [0.25, 0.3) is 0 Å². The van der Waals surface area contributed by atoms with Gasteiger partial charge in [-0.15, -0.1) is 0 Å². The molecule has 1 atom stereocenters. The van der Waals surface area contributed by atoms with Gasteiger partial charge in [0, 0.05) is 17.4 Å². The van der Waals surface area contributed by atoms with Gasteiger partial charge >= 0.3 is 5.97 Å². The average molecular weight is 292 g/mol. The van der Waals surface area contributed by atoms with Crippen molar-refractivity contribution < 1.29 is 14.7 Å². The van der Waals surface area contributed by atoms with Gasteiger partial charge in [0.15, 0.2) is 0 Å². The lowest BCUT2D eigenvalue weighted by Gasteiger charge is -2.26. The Kier molecular flexibility index (Phi) is 4.70. The summed E-state index contributed by atoms with van der Waals surface area (Å²) in [6.45, 7) is 5.43. The number of carboxylic acids is 1. The molecule has 1 heterocycles. The number of amides is 1. The van der Waals surface area contributed by atoms with E-state index in [0.29, 0.717) is 11.6 Å². The number of nitrogens with one attached hydrogen (secondary N) is 1. The summed E-state index contributed by atoms with van der Waals surface area (Å²) < 4.78 is 2.25. The Hall–Kier alpha value is -1.78. The minimum absolute atomic E-state index is 0.306. The molecule has 1 saturated carbocycles. The van der Waals surface area contributed by atoms with Gasteiger partial charge in [0.2, 0.25) is 0 Å². The second-order valence-electron chi connectivity index (χ2n) is 5.98. The van der Waals surface area contributed by atoms with Crippen molar-refractivity contribution in [2.45, 2.75) is 65.0 Å². The SMILES string of the molecule is Cc1cc(C(=O)NC(C)C(=O)O)c(C)n1C1CCCCC1. The summed E-state index contributed by atoms with van der Waals surface area (Å²) in [5.41, 5.74) is 2.60. The first-order valence-corrected chi connectivity index (χ1v) is 7.64. The molecule has 0 saturated heterocycles. The van der Waals surface area contributed by atoms with Crippen LogP contribution in [0.3, 0.4) is 0 Å². The Labute approximate surface area is 125 Å². The third-order valence-electron chi connectivity index (χ3n) is 4.39. The van der Waals surface area contributed by atoms with E-state index in [1.807, 2.05) is 19.9 Å². The fourth-order valence-corrected chi connectivity index (χ4v) is 3.24. The molecule has 0 aromatic carbocycles. The minimum atomic E-state index is -1.02. The standard InChI is InChI=1S/C16H24N2O3/c1-10-9-14(15(19)17-11(2)16(20)21)12(3)18(10)13-7-5-4-6-8-13/h9,11,13H,4-8H2,1-3H3,(H,17,19)(H,20,21). The molecule has 2 N–H and O–H groups in total. The maximum atomic E-state index is 12.2. The number of rotatable bonds is 4. The predicted octanol–water partition coefficient (Wildman–Crippen LogP) is 2.81. The van der Waals surface area contributed by atoms with E-state index in [2.05, 4.69) is 9.88 Å². The van der Waals surface area contributed by atoms with Gasteiger partial charge in [0.25, 0.3) is 5.91 Å². The van der Waals surface area contributed by atoms with E-state index in [1.165, 1.54) is 26.2 Å². The first-order chi connectivity index (χ1) is 9.91. The van der Waals surface area contributed by atoms with Crippen LogP contribution in [0.2, 0.25) is 0 Å². The number of carbonyl (C=O) groups excluding carboxylic acids is 1. The van der Waals surface area contributed by atoms with Gasteiger partial charge < -0.3 is 15.0 Å². The molecule has 0 bridgehead atoms. The number of aliphatic carboxylic acids is 1. The predicted molar refractivity (Wildman–Crippen MR) is 80.6 cm³/mol. The maximum Gasteiger partial charge on any atom is 0.325 e. The second kappa shape index (κ2) is 6.33. The van der Waals surface area contributed by atoms with Crippen molar-refractivity contribution in [2.24, 2.45) is 0 Å². The topological polar surface area (TPSA) is 71.3 Å². The van der Waals surface area contributed by atoms with Crippen molar-refractivity contribution in [1.82, 2.24) is 9.88 Å². The first kappa shape index (κ1) is 15.6. The summed E-state index contributed by atoms with van der Waals surface area (Å²) in [5.74, 6) is -1.33. The van der Waals surface area contributed by atoms with E-state index < -0.39 is 12.0 Å². The zero-order valence-corrected chi connectivity index (χ0v) is 13.0. The molecule has 0 radical (unpaired) electrons. The van der Waals surface area contributed by atoms with Gasteiger partial charge in [-0.1, -0.05) is 19.3 Å². The lowest BCUT2D eigenvalue weighted by Crippen LogP contribution is -2.38. The average Bonchev–Trinajstić information content (AvgIpc) is 2.74. The largest absolute Gasteiger partial charge is 0.480 e. The van der Waals surface area contributed by atoms with Gasteiger partial charge in [0.1, 0.15) is 6.04 Å². The number of aryl methyl sites for hydroxylation is 1. The van der Waals surface area contributed by atoms with E-state index in [-0.39, 0.29) is 5.91 Å². The molecule has 1 aliphatic rings. The Morgan fingerprint density at radius 1 is 1.29 bits per heavy atom. The fraction of sp³-hybridized carbons (Fsp3) is 0.625. The molecule has 1 aliphatic carbocycles. The number of hydrogen-bond acceptors (Lipinski definition) is 2. The molecule has 5 nitrogen and oxygen atoms in total. The monoisotopic (exact) mass is 292 g/mol. The van der Waals surface area contributed by atoms with Crippen molar-refractivity contribution in [3.8, 4) is 0 Å². The number of hydrogen-bond donors (Lipinski definition) is 2. The molecule has 1 aromatic heterocycles. The number of nitrogens with zero attached hydrogens (tertiary/aromatic N) is 1. The third kappa shape index (κ3) is 3.28. The second-order valence-corrected chi connectivity index (χ2v) is 5.98. The molecular weight excluding hydrogens is 268 g/mol. The van der Waals surface area contributed by atoms with Crippen molar-refractivity contribution >= 4 is 11.9 Å². The highest BCUT2D eigenvalue weighted by molar-refractivity contribution is 5.97. The Morgan fingerprint density at radius 3 is 2.48 bits per heavy atom. The molecule has 1 unspecified atom stereocenters. The van der Waals surface area contributed by atoms with Gasteiger partial charge in [-0.25, -0.2) is 0 Å².